The fourth-order valence-electron chi connectivity index (χ4n) is 2.82. The molecule has 1 atom stereocenters. The highest BCUT2D eigenvalue weighted by atomic mass is 35.5. The molecule has 0 aromatic heterocycles. The zero-order chi connectivity index (χ0) is 23.1. The number of nitrogens with one attached hydrogen (secondary N) is 1. The third kappa shape index (κ3) is 7.76. The Morgan fingerprint density at radius 3 is 2.19 bits per heavy atom. The van der Waals surface area contributed by atoms with Gasteiger partial charge in [-0.05, 0) is 56.2 Å². The highest BCUT2D eigenvalue weighted by Crippen LogP contribution is 2.29. The fourth-order valence-corrected chi connectivity index (χ4v) is 4.78. The van der Waals surface area contributed by atoms with Gasteiger partial charge < -0.3 is 10.2 Å². The number of amides is 2. The number of thioether (sulfide) groups is 1. The molecule has 4 nitrogen and oxygen atoms in total. The number of benzene rings is 2. The van der Waals surface area contributed by atoms with Gasteiger partial charge in [0, 0.05) is 28.4 Å². The summed E-state index contributed by atoms with van der Waals surface area (Å²) in [4.78, 5) is 27.2. The van der Waals surface area contributed by atoms with Gasteiger partial charge in [-0.1, -0.05) is 58.5 Å². The Bertz CT molecular complexity index is 919. The lowest BCUT2D eigenvalue weighted by molar-refractivity contribution is -0.138. The Morgan fingerprint density at radius 2 is 1.61 bits per heavy atom. The Hall–Kier alpha value is -1.11. The van der Waals surface area contributed by atoms with Gasteiger partial charge >= 0.3 is 0 Å². The number of halogens is 4. The van der Waals surface area contributed by atoms with Crippen LogP contribution in [0.1, 0.15) is 31.9 Å². The SMILES string of the molecule is CC(C)NC(=O)C(C)N(Cc1ccc(Cl)c(Cl)c1)C(=O)CSCc1c(Cl)cccc1Cl. The van der Waals surface area contributed by atoms with Gasteiger partial charge in [0.25, 0.3) is 0 Å². The van der Waals surface area contributed by atoms with Crippen LogP contribution in [0.25, 0.3) is 0 Å². The number of nitrogens with zero attached hydrogens (tertiary/aromatic N) is 1. The molecule has 0 bridgehead atoms. The van der Waals surface area contributed by atoms with Crippen LogP contribution in [0.2, 0.25) is 20.1 Å². The van der Waals surface area contributed by atoms with Crippen LogP contribution in [0.4, 0.5) is 0 Å². The minimum absolute atomic E-state index is 0.0337. The average molecular weight is 522 g/mol. The molecule has 0 aliphatic heterocycles. The van der Waals surface area contributed by atoms with Crippen LogP contribution in [0.15, 0.2) is 36.4 Å². The van der Waals surface area contributed by atoms with E-state index < -0.39 is 6.04 Å². The van der Waals surface area contributed by atoms with Crippen LogP contribution in [0.3, 0.4) is 0 Å². The third-order valence-corrected chi connectivity index (χ3v) is 6.86. The van der Waals surface area contributed by atoms with Crippen LogP contribution < -0.4 is 5.32 Å². The Labute approximate surface area is 207 Å². The van der Waals surface area contributed by atoms with E-state index in [1.165, 1.54) is 11.8 Å². The topological polar surface area (TPSA) is 49.4 Å². The summed E-state index contributed by atoms with van der Waals surface area (Å²) in [6.45, 7) is 5.69. The number of carbonyl (C=O) groups excluding carboxylic acids is 2. The first-order valence-corrected chi connectivity index (χ1v) is 12.3. The van der Waals surface area contributed by atoms with E-state index in [9.17, 15) is 9.59 Å². The van der Waals surface area contributed by atoms with Gasteiger partial charge in [0.05, 0.1) is 15.8 Å². The zero-order valence-electron chi connectivity index (χ0n) is 17.4. The molecule has 0 aliphatic rings. The monoisotopic (exact) mass is 520 g/mol. The molecule has 1 N–H and O–H groups in total. The molecular weight excluding hydrogens is 498 g/mol. The molecule has 0 spiro atoms. The summed E-state index contributed by atoms with van der Waals surface area (Å²) in [7, 11) is 0. The van der Waals surface area contributed by atoms with Crippen molar-refractivity contribution in [2.45, 2.75) is 45.2 Å². The van der Waals surface area contributed by atoms with Crippen LogP contribution in [0, 0.1) is 0 Å². The number of rotatable bonds is 9. The highest BCUT2D eigenvalue weighted by Gasteiger charge is 2.26. The van der Waals surface area contributed by atoms with E-state index in [2.05, 4.69) is 5.32 Å². The quantitative estimate of drug-likeness (QED) is 0.411. The molecular formula is C22H24Cl4N2O2S. The van der Waals surface area contributed by atoms with E-state index in [1.807, 2.05) is 13.8 Å². The molecule has 1 unspecified atom stereocenters. The fraction of sp³-hybridized carbons (Fsp3) is 0.364. The molecule has 168 valence electrons. The molecule has 2 aromatic rings. The van der Waals surface area contributed by atoms with Gasteiger partial charge in [-0.25, -0.2) is 0 Å². The molecule has 9 heteroatoms. The van der Waals surface area contributed by atoms with E-state index in [0.29, 0.717) is 25.8 Å². The molecule has 0 radical (unpaired) electrons. The first kappa shape index (κ1) is 26.1. The molecule has 0 saturated heterocycles. The second kappa shape index (κ2) is 12.2. The summed E-state index contributed by atoms with van der Waals surface area (Å²) in [5, 5.41) is 4.81. The lowest BCUT2D eigenvalue weighted by atomic mass is 10.1. The molecule has 2 rings (SSSR count). The standard InChI is InChI=1S/C22H24Cl4N2O2S/c1-13(2)27-22(30)14(3)28(10-15-7-8-19(25)20(26)9-15)21(29)12-31-11-16-17(23)5-4-6-18(16)24/h4-9,13-14H,10-12H2,1-3H3,(H,27,30). The van der Waals surface area contributed by atoms with Crippen molar-refractivity contribution in [1.29, 1.82) is 0 Å². The summed E-state index contributed by atoms with van der Waals surface area (Å²) in [5.74, 6) is 0.257. The predicted molar refractivity (Wildman–Crippen MR) is 132 cm³/mol. The summed E-state index contributed by atoms with van der Waals surface area (Å²) in [5.41, 5.74) is 1.57. The van der Waals surface area contributed by atoms with Gasteiger partial charge in [0.2, 0.25) is 11.8 Å². The molecule has 0 saturated carbocycles. The van der Waals surface area contributed by atoms with Gasteiger partial charge in [-0.3, -0.25) is 9.59 Å². The third-order valence-electron chi connectivity index (χ3n) is 4.47. The number of carbonyl (C=O) groups is 2. The Kier molecular flexibility index (Phi) is 10.3. The van der Waals surface area contributed by atoms with Crippen molar-refractivity contribution in [3.05, 3.63) is 67.6 Å². The largest absolute Gasteiger partial charge is 0.352 e. The molecule has 0 fully saturated rings. The maximum atomic E-state index is 13.1. The van der Waals surface area contributed by atoms with Gasteiger partial charge in [-0.2, -0.15) is 0 Å². The lowest BCUT2D eigenvalue weighted by Gasteiger charge is -2.29. The summed E-state index contributed by atoms with van der Waals surface area (Å²) >= 11 is 25.9. The minimum Gasteiger partial charge on any atom is -0.352 e. The highest BCUT2D eigenvalue weighted by molar-refractivity contribution is 7.99. The second-order valence-electron chi connectivity index (χ2n) is 7.30. The van der Waals surface area contributed by atoms with Crippen molar-refractivity contribution in [3.63, 3.8) is 0 Å². The second-order valence-corrected chi connectivity index (χ2v) is 9.92. The number of hydrogen-bond acceptors (Lipinski definition) is 3. The Balaban J connectivity index is 2.14. The van der Waals surface area contributed by atoms with Crippen LogP contribution in [0.5, 0.6) is 0 Å². The van der Waals surface area contributed by atoms with E-state index in [-0.39, 0.29) is 30.2 Å². The molecule has 2 aromatic carbocycles. The maximum Gasteiger partial charge on any atom is 0.242 e. The summed E-state index contributed by atoms with van der Waals surface area (Å²) < 4.78 is 0. The van der Waals surface area contributed by atoms with Crippen molar-refractivity contribution in [2.24, 2.45) is 0 Å². The Morgan fingerprint density at radius 1 is 0.968 bits per heavy atom. The van der Waals surface area contributed by atoms with Crippen LogP contribution in [-0.2, 0) is 21.9 Å². The zero-order valence-corrected chi connectivity index (χ0v) is 21.3. The van der Waals surface area contributed by atoms with E-state index in [1.54, 1.807) is 48.2 Å². The predicted octanol–water partition coefficient (Wildman–Crippen LogP) is 6.48. The van der Waals surface area contributed by atoms with Crippen LogP contribution in [-0.4, -0.2) is 34.6 Å². The molecule has 2 amide bonds. The summed E-state index contributed by atoms with van der Waals surface area (Å²) in [6.07, 6.45) is 0. The van der Waals surface area contributed by atoms with E-state index >= 15 is 0 Å². The number of hydrogen-bond donors (Lipinski definition) is 1. The van der Waals surface area contributed by atoms with E-state index in [0.717, 1.165) is 11.1 Å². The molecule has 0 aliphatic carbocycles. The van der Waals surface area contributed by atoms with Crippen molar-refractivity contribution in [1.82, 2.24) is 10.2 Å². The maximum absolute atomic E-state index is 13.1. The van der Waals surface area contributed by atoms with E-state index in [4.69, 9.17) is 46.4 Å². The van der Waals surface area contributed by atoms with Crippen molar-refractivity contribution >= 4 is 70.0 Å². The van der Waals surface area contributed by atoms with Gasteiger partial charge in [0.15, 0.2) is 0 Å². The summed E-state index contributed by atoms with van der Waals surface area (Å²) in [6, 6.07) is 9.78. The van der Waals surface area contributed by atoms with Crippen LogP contribution >= 0.6 is 58.2 Å². The normalized spacial score (nSPS) is 12.0. The first-order chi connectivity index (χ1) is 14.6. The minimum atomic E-state index is -0.658. The smallest absolute Gasteiger partial charge is 0.242 e. The van der Waals surface area contributed by atoms with Crippen molar-refractivity contribution in [3.8, 4) is 0 Å². The van der Waals surface area contributed by atoms with Crippen molar-refractivity contribution < 1.29 is 9.59 Å². The lowest BCUT2D eigenvalue weighted by Crippen LogP contribution is -2.49. The average Bonchev–Trinajstić information content (AvgIpc) is 2.69. The molecule has 0 heterocycles. The van der Waals surface area contributed by atoms with Crippen molar-refractivity contribution in [2.75, 3.05) is 5.75 Å². The first-order valence-electron chi connectivity index (χ1n) is 9.64. The molecule has 31 heavy (non-hydrogen) atoms. The van der Waals surface area contributed by atoms with Gasteiger partial charge in [0.1, 0.15) is 6.04 Å². The van der Waals surface area contributed by atoms with Gasteiger partial charge in [-0.15, -0.1) is 11.8 Å².